The number of nitrogens with one attached hydrogen (secondary N) is 1. The number of benzene rings is 1. The molecule has 7 rings (SSSR count). The molecule has 2 aromatic heterocycles. The Bertz CT molecular complexity index is 1060. The van der Waals surface area contributed by atoms with Gasteiger partial charge in [0.05, 0.1) is 5.41 Å². The third-order valence-electron chi connectivity index (χ3n) is 7.35. The lowest BCUT2D eigenvalue weighted by Gasteiger charge is -2.55. The molecule has 6 nitrogen and oxygen atoms in total. The Morgan fingerprint density at radius 1 is 0.968 bits per heavy atom. The zero-order valence-corrected chi connectivity index (χ0v) is 17.4. The van der Waals surface area contributed by atoms with Gasteiger partial charge in [0, 0.05) is 24.1 Å². The summed E-state index contributed by atoms with van der Waals surface area (Å²) in [7, 11) is 0. The van der Waals surface area contributed by atoms with E-state index < -0.39 is 0 Å². The van der Waals surface area contributed by atoms with Gasteiger partial charge < -0.3 is 14.6 Å². The molecule has 4 aliphatic carbocycles. The Morgan fingerprint density at radius 2 is 1.61 bits per heavy atom. The fourth-order valence-electron chi connectivity index (χ4n) is 6.39. The van der Waals surface area contributed by atoms with E-state index in [0.29, 0.717) is 11.6 Å². The fraction of sp³-hybridized carbons (Fsp3) is 0.400. The van der Waals surface area contributed by atoms with Crippen molar-refractivity contribution >= 4 is 11.6 Å². The third kappa shape index (κ3) is 3.50. The second-order valence-corrected chi connectivity index (χ2v) is 9.58. The van der Waals surface area contributed by atoms with Crippen molar-refractivity contribution in [3.8, 4) is 17.4 Å². The standard InChI is InChI=1S/C25H26N4O2/c30-24(25-13-17-9-18(14-25)11-19(10-17)15-25)28-20-3-5-21(6-4-20)31-23-12-22(26-16-27-23)29-7-1-2-8-29/h1-8,12,16-19H,9-11,13-15H2,(H,28,30). The molecule has 4 bridgehead atoms. The molecule has 0 atom stereocenters. The van der Waals surface area contributed by atoms with Gasteiger partial charge in [-0.25, -0.2) is 9.97 Å². The van der Waals surface area contributed by atoms with Crippen molar-refractivity contribution in [3.63, 3.8) is 0 Å². The smallest absolute Gasteiger partial charge is 0.230 e. The molecule has 0 spiro atoms. The van der Waals surface area contributed by atoms with Gasteiger partial charge in [0.15, 0.2) is 0 Å². The number of aromatic nitrogens is 3. The van der Waals surface area contributed by atoms with Crippen LogP contribution in [0, 0.1) is 23.2 Å². The van der Waals surface area contributed by atoms with Gasteiger partial charge in [-0.05, 0) is 92.7 Å². The molecule has 1 aromatic carbocycles. The van der Waals surface area contributed by atoms with Gasteiger partial charge in [0.1, 0.15) is 17.9 Å². The lowest BCUT2D eigenvalue weighted by molar-refractivity contribution is -0.140. The first-order chi connectivity index (χ1) is 15.1. The molecule has 3 aromatic rings. The van der Waals surface area contributed by atoms with E-state index in [0.717, 1.165) is 48.5 Å². The van der Waals surface area contributed by atoms with E-state index >= 15 is 0 Å². The normalized spacial score (nSPS) is 28.5. The summed E-state index contributed by atoms with van der Waals surface area (Å²) in [5.41, 5.74) is 0.684. The predicted octanol–water partition coefficient (Wildman–Crippen LogP) is 5.21. The Balaban J connectivity index is 1.13. The number of carbonyl (C=O) groups is 1. The fourth-order valence-corrected chi connectivity index (χ4v) is 6.39. The molecule has 4 aliphatic rings. The summed E-state index contributed by atoms with van der Waals surface area (Å²) >= 11 is 0. The van der Waals surface area contributed by atoms with Crippen LogP contribution in [0.2, 0.25) is 0 Å². The maximum absolute atomic E-state index is 13.2. The zero-order valence-electron chi connectivity index (χ0n) is 17.4. The number of amides is 1. The topological polar surface area (TPSA) is 69.0 Å². The molecule has 6 heteroatoms. The van der Waals surface area contributed by atoms with Crippen molar-refractivity contribution in [2.24, 2.45) is 23.2 Å². The van der Waals surface area contributed by atoms with Gasteiger partial charge in [-0.15, -0.1) is 0 Å². The van der Waals surface area contributed by atoms with E-state index in [-0.39, 0.29) is 11.3 Å². The van der Waals surface area contributed by atoms with Crippen LogP contribution in [0.25, 0.3) is 5.82 Å². The first kappa shape index (κ1) is 18.6. The van der Waals surface area contributed by atoms with Gasteiger partial charge in [0.25, 0.3) is 0 Å². The van der Waals surface area contributed by atoms with Crippen molar-refractivity contribution in [1.29, 1.82) is 0 Å². The first-order valence-electron chi connectivity index (χ1n) is 11.2. The van der Waals surface area contributed by atoms with Crippen LogP contribution >= 0.6 is 0 Å². The van der Waals surface area contributed by atoms with Crippen molar-refractivity contribution in [3.05, 3.63) is 61.2 Å². The van der Waals surface area contributed by atoms with Gasteiger partial charge in [-0.1, -0.05) is 0 Å². The predicted molar refractivity (Wildman–Crippen MR) is 117 cm³/mol. The Hall–Kier alpha value is -3.15. The molecule has 1 N–H and O–H groups in total. The Labute approximate surface area is 181 Å². The van der Waals surface area contributed by atoms with Crippen molar-refractivity contribution in [2.75, 3.05) is 5.32 Å². The minimum Gasteiger partial charge on any atom is -0.439 e. The number of ether oxygens (including phenoxy) is 1. The average molecular weight is 415 g/mol. The van der Waals surface area contributed by atoms with Crippen molar-refractivity contribution in [2.45, 2.75) is 38.5 Å². The number of hydrogen-bond acceptors (Lipinski definition) is 4. The van der Waals surface area contributed by atoms with E-state index in [1.54, 1.807) is 6.07 Å². The summed E-state index contributed by atoms with van der Waals surface area (Å²) in [5.74, 6) is 4.39. The monoisotopic (exact) mass is 414 g/mol. The molecule has 0 radical (unpaired) electrons. The summed E-state index contributed by atoms with van der Waals surface area (Å²) in [6.07, 6.45) is 12.6. The molecule has 0 saturated heterocycles. The highest BCUT2D eigenvalue weighted by Crippen LogP contribution is 2.60. The third-order valence-corrected chi connectivity index (χ3v) is 7.35. The van der Waals surface area contributed by atoms with Gasteiger partial charge in [-0.2, -0.15) is 0 Å². The molecule has 4 saturated carbocycles. The van der Waals surface area contributed by atoms with Gasteiger partial charge in [-0.3, -0.25) is 4.79 Å². The molecular weight excluding hydrogens is 388 g/mol. The maximum atomic E-state index is 13.2. The van der Waals surface area contributed by atoms with E-state index in [9.17, 15) is 4.79 Å². The van der Waals surface area contributed by atoms with Gasteiger partial charge >= 0.3 is 0 Å². The highest BCUT2D eigenvalue weighted by atomic mass is 16.5. The minimum absolute atomic E-state index is 0.139. The molecule has 0 unspecified atom stereocenters. The van der Waals surface area contributed by atoms with Crippen LogP contribution in [0.1, 0.15) is 38.5 Å². The van der Waals surface area contributed by atoms with Crippen LogP contribution in [0.5, 0.6) is 11.6 Å². The van der Waals surface area contributed by atoms with E-state index in [1.807, 2.05) is 53.4 Å². The second-order valence-electron chi connectivity index (χ2n) is 9.58. The van der Waals surface area contributed by atoms with Crippen molar-refractivity contribution in [1.82, 2.24) is 14.5 Å². The SMILES string of the molecule is O=C(Nc1ccc(Oc2cc(-n3cccc3)ncn2)cc1)C12CC3CC(CC(C3)C1)C2. The lowest BCUT2D eigenvalue weighted by atomic mass is 9.49. The molecule has 2 heterocycles. The average Bonchev–Trinajstić information content (AvgIpc) is 3.29. The highest BCUT2D eigenvalue weighted by Gasteiger charge is 2.54. The van der Waals surface area contributed by atoms with Crippen LogP contribution in [0.15, 0.2) is 61.2 Å². The molecular formula is C25H26N4O2. The summed E-state index contributed by atoms with van der Waals surface area (Å²) in [6, 6.07) is 13.2. The molecule has 0 aliphatic heterocycles. The van der Waals surface area contributed by atoms with Crippen LogP contribution < -0.4 is 10.1 Å². The Kier molecular flexibility index (Phi) is 4.33. The number of rotatable bonds is 5. The number of hydrogen-bond donors (Lipinski definition) is 1. The zero-order chi connectivity index (χ0) is 20.8. The van der Waals surface area contributed by atoms with Crippen molar-refractivity contribution < 1.29 is 9.53 Å². The van der Waals surface area contributed by atoms with E-state index in [4.69, 9.17) is 4.74 Å². The highest BCUT2D eigenvalue weighted by molar-refractivity contribution is 5.95. The van der Waals surface area contributed by atoms with E-state index in [2.05, 4.69) is 15.3 Å². The maximum Gasteiger partial charge on any atom is 0.230 e. The minimum atomic E-state index is -0.139. The molecule has 1 amide bonds. The summed E-state index contributed by atoms with van der Waals surface area (Å²) in [5, 5.41) is 3.19. The first-order valence-corrected chi connectivity index (χ1v) is 11.2. The van der Waals surface area contributed by atoms with Crippen LogP contribution in [0.4, 0.5) is 5.69 Å². The number of nitrogens with zero attached hydrogens (tertiary/aromatic N) is 3. The quantitative estimate of drug-likeness (QED) is 0.622. The lowest BCUT2D eigenvalue weighted by Crippen LogP contribution is -2.51. The number of anilines is 1. The van der Waals surface area contributed by atoms with Crippen LogP contribution in [0.3, 0.4) is 0 Å². The molecule has 31 heavy (non-hydrogen) atoms. The van der Waals surface area contributed by atoms with E-state index in [1.165, 1.54) is 25.6 Å². The molecule has 158 valence electrons. The Morgan fingerprint density at radius 3 is 2.26 bits per heavy atom. The summed E-state index contributed by atoms with van der Waals surface area (Å²) in [6.45, 7) is 0. The largest absolute Gasteiger partial charge is 0.439 e. The molecule has 4 fully saturated rings. The second kappa shape index (κ2) is 7.22. The van der Waals surface area contributed by atoms with Gasteiger partial charge in [0.2, 0.25) is 11.8 Å². The van der Waals surface area contributed by atoms with Crippen LogP contribution in [-0.2, 0) is 4.79 Å². The van der Waals surface area contributed by atoms with Crippen LogP contribution in [-0.4, -0.2) is 20.4 Å². The number of carbonyl (C=O) groups excluding carboxylic acids is 1. The summed E-state index contributed by atoms with van der Waals surface area (Å²) < 4.78 is 7.80. The summed E-state index contributed by atoms with van der Waals surface area (Å²) in [4.78, 5) is 21.7.